The van der Waals surface area contributed by atoms with Crippen molar-refractivity contribution in [3.05, 3.63) is 22.6 Å². The summed E-state index contributed by atoms with van der Waals surface area (Å²) < 4.78 is 12.8. The van der Waals surface area contributed by atoms with Gasteiger partial charge in [0.25, 0.3) is 0 Å². The van der Waals surface area contributed by atoms with Crippen LogP contribution in [0.25, 0.3) is 5.65 Å². The van der Waals surface area contributed by atoms with Gasteiger partial charge in [-0.2, -0.15) is 0 Å². The van der Waals surface area contributed by atoms with E-state index in [4.69, 9.17) is 9.47 Å². The van der Waals surface area contributed by atoms with Gasteiger partial charge in [0, 0.05) is 25.4 Å². The summed E-state index contributed by atoms with van der Waals surface area (Å²) in [5, 5.41) is 0. The molecular weight excluding hydrogens is 340 g/mol. The van der Waals surface area contributed by atoms with Crippen molar-refractivity contribution in [2.45, 2.75) is 6.92 Å². The van der Waals surface area contributed by atoms with Crippen molar-refractivity contribution in [3.8, 4) is 0 Å². The Labute approximate surface area is 130 Å². The molecule has 0 N–H and O–H groups in total. The molecule has 0 radical (unpaired) electrons. The zero-order valence-electron chi connectivity index (χ0n) is 11.6. The van der Waals surface area contributed by atoms with Crippen molar-refractivity contribution >= 4 is 33.5 Å². The van der Waals surface area contributed by atoms with Crippen molar-refractivity contribution < 1.29 is 14.3 Å². The van der Waals surface area contributed by atoms with Gasteiger partial charge < -0.3 is 14.4 Å². The zero-order chi connectivity index (χ0) is 14.8. The number of hydrogen-bond donors (Lipinski definition) is 0. The molecule has 1 aliphatic rings. The fourth-order valence-corrected chi connectivity index (χ4v) is 2.60. The quantitative estimate of drug-likeness (QED) is 0.614. The molecule has 0 atom stereocenters. The predicted molar refractivity (Wildman–Crippen MR) is 79.7 cm³/mol. The Bertz CT molecular complexity index is 667. The molecular formula is C13H15BrN4O3. The summed E-state index contributed by atoms with van der Waals surface area (Å²) in [4.78, 5) is 22.7. The summed E-state index contributed by atoms with van der Waals surface area (Å²) in [5.74, 6) is 0.316. The van der Waals surface area contributed by atoms with Crippen LogP contribution in [0.3, 0.4) is 0 Å². The van der Waals surface area contributed by atoms with Crippen LogP contribution in [0.15, 0.2) is 16.9 Å². The Balaban J connectivity index is 2.04. The van der Waals surface area contributed by atoms with E-state index in [-0.39, 0.29) is 5.69 Å². The third-order valence-corrected chi connectivity index (χ3v) is 3.59. The predicted octanol–water partition coefficient (Wildman–Crippen LogP) is 1.51. The van der Waals surface area contributed by atoms with Crippen molar-refractivity contribution in [3.63, 3.8) is 0 Å². The average molecular weight is 355 g/mol. The molecule has 1 fully saturated rings. The van der Waals surface area contributed by atoms with E-state index < -0.39 is 5.97 Å². The van der Waals surface area contributed by atoms with E-state index in [9.17, 15) is 4.79 Å². The zero-order valence-corrected chi connectivity index (χ0v) is 13.2. The molecule has 0 bridgehead atoms. The summed E-state index contributed by atoms with van der Waals surface area (Å²) in [5.41, 5.74) is 0.938. The first-order chi connectivity index (χ1) is 10.2. The minimum atomic E-state index is -0.426. The summed E-state index contributed by atoms with van der Waals surface area (Å²) in [7, 11) is 0. The van der Waals surface area contributed by atoms with Crippen LogP contribution in [0, 0.1) is 0 Å². The first-order valence-electron chi connectivity index (χ1n) is 6.74. The molecule has 1 saturated heterocycles. The third-order valence-electron chi connectivity index (χ3n) is 3.18. The number of carbonyl (C=O) groups is 1. The number of fused-ring (bicyclic) bond motifs is 1. The number of halogens is 1. The van der Waals surface area contributed by atoms with Crippen LogP contribution in [0.1, 0.15) is 17.4 Å². The van der Waals surface area contributed by atoms with Gasteiger partial charge in [-0.3, -0.25) is 4.40 Å². The largest absolute Gasteiger partial charge is 0.461 e. The van der Waals surface area contributed by atoms with E-state index in [2.05, 4.69) is 30.8 Å². The van der Waals surface area contributed by atoms with Gasteiger partial charge in [-0.05, 0) is 22.9 Å². The Kier molecular flexibility index (Phi) is 4.07. The lowest BCUT2D eigenvalue weighted by Gasteiger charge is -2.28. The molecule has 3 rings (SSSR count). The maximum absolute atomic E-state index is 11.8. The monoisotopic (exact) mass is 354 g/mol. The lowest BCUT2D eigenvalue weighted by molar-refractivity contribution is 0.0520. The lowest BCUT2D eigenvalue weighted by atomic mass is 10.4. The van der Waals surface area contributed by atoms with E-state index in [1.165, 1.54) is 0 Å². The Morgan fingerprint density at radius 2 is 2.19 bits per heavy atom. The normalized spacial score (nSPS) is 15.4. The smallest absolute Gasteiger partial charge is 0.358 e. The molecule has 0 spiro atoms. The van der Waals surface area contributed by atoms with Crippen LogP contribution in [0.4, 0.5) is 5.95 Å². The van der Waals surface area contributed by atoms with E-state index in [1.807, 2.05) is 4.40 Å². The molecule has 0 aromatic carbocycles. The number of esters is 1. The van der Waals surface area contributed by atoms with E-state index in [0.29, 0.717) is 30.1 Å². The molecule has 3 heterocycles. The first kappa shape index (κ1) is 14.3. The highest BCUT2D eigenvalue weighted by Crippen LogP contribution is 2.21. The summed E-state index contributed by atoms with van der Waals surface area (Å²) >= 11 is 3.39. The second-order valence-electron chi connectivity index (χ2n) is 4.55. The number of morpholine rings is 1. The topological polar surface area (TPSA) is 69.0 Å². The van der Waals surface area contributed by atoms with E-state index >= 15 is 0 Å². The summed E-state index contributed by atoms with van der Waals surface area (Å²) in [6.07, 6.45) is 1.66. The molecule has 21 heavy (non-hydrogen) atoms. The molecule has 1 aliphatic heterocycles. The average Bonchev–Trinajstić information content (AvgIpc) is 2.91. The van der Waals surface area contributed by atoms with Crippen LogP contribution < -0.4 is 4.90 Å². The van der Waals surface area contributed by atoms with Crippen LogP contribution in [-0.2, 0) is 9.47 Å². The van der Waals surface area contributed by atoms with Crippen molar-refractivity contribution in [2.75, 3.05) is 37.8 Å². The minimum Gasteiger partial charge on any atom is -0.461 e. The maximum atomic E-state index is 11.8. The maximum Gasteiger partial charge on any atom is 0.358 e. The molecule has 112 valence electrons. The van der Waals surface area contributed by atoms with Gasteiger partial charge in [0.05, 0.1) is 19.8 Å². The van der Waals surface area contributed by atoms with E-state index in [1.54, 1.807) is 19.2 Å². The van der Waals surface area contributed by atoms with Crippen molar-refractivity contribution in [2.24, 2.45) is 0 Å². The van der Waals surface area contributed by atoms with Gasteiger partial charge in [0.1, 0.15) is 10.3 Å². The highest BCUT2D eigenvalue weighted by molar-refractivity contribution is 9.10. The van der Waals surface area contributed by atoms with E-state index in [0.717, 1.165) is 19.0 Å². The fourth-order valence-electron chi connectivity index (χ4n) is 2.23. The molecule has 0 saturated carbocycles. The highest BCUT2D eigenvalue weighted by Gasteiger charge is 2.19. The summed E-state index contributed by atoms with van der Waals surface area (Å²) in [6.45, 7) is 4.93. The number of aromatic nitrogens is 3. The number of carbonyl (C=O) groups excluding carboxylic acids is 1. The molecule has 8 heteroatoms. The first-order valence-corrected chi connectivity index (χ1v) is 7.54. The number of hydrogen-bond acceptors (Lipinski definition) is 6. The minimum absolute atomic E-state index is 0.284. The molecule has 7 nitrogen and oxygen atoms in total. The number of imidazole rings is 1. The highest BCUT2D eigenvalue weighted by atomic mass is 79.9. The molecule has 2 aromatic heterocycles. The van der Waals surface area contributed by atoms with Gasteiger partial charge in [-0.15, -0.1) is 0 Å². The number of nitrogens with zero attached hydrogens (tertiary/aromatic N) is 4. The van der Waals surface area contributed by atoms with Crippen LogP contribution >= 0.6 is 15.9 Å². The Morgan fingerprint density at radius 3 is 2.90 bits per heavy atom. The molecule has 0 amide bonds. The molecule has 0 unspecified atom stereocenters. The SMILES string of the molecule is CCOC(=O)c1cn2c(N3CCOCC3)nc(Br)cc2n1. The molecule has 0 aliphatic carbocycles. The second-order valence-corrected chi connectivity index (χ2v) is 5.37. The standard InChI is InChI=1S/C13H15BrN4O3/c1-2-21-12(19)9-8-18-11(15-9)7-10(14)16-13(18)17-3-5-20-6-4-17/h7-8H,2-6H2,1H3. The van der Waals surface area contributed by atoms with Gasteiger partial charge in [-0.25, -0.2) is 14.8 Å². The second kappa shape index (κ2) is 5.98. The van der Waals surface area contributed by atoms with Gasteiger partial charge in [0.15, 0.2) is 5.69 Å². The van der Waals surface area contributed by atoms with Crippen molar-refractivity contribution in [1.29, 1.82) is 0 Å². The number of rotatable bonds is 3. The van der Waals surface area contributed by atoms with Crippen molar-refractivity contribution in [1.82, 2.24) is 14.4 Å². The fraction of sp³-hybridized carbons (Fsp3) is 0.462. The van der Waals surface area contributed by atoms with Crippen LogP contribution in [0.5, 0.6) is 0 Å². The third kappa shape index (κ3) is 2.86. The van der Waals surface area contributed by atoms with Gasteiger partial charge in [-0.1, -0.05) is 0 Å². The van der Waals surface area contributed by atoms with Crippen LogP contribution in [-0.4, -0.2) is 53.2 Å². The lowest BCUT2D eigenvalue weighted by Crippen LogP contribution is -2.37. The molecule has 2 aromatic rings. The number of ether oxygens (including phenoxy) is 2. The summed E-state index contributed by atoms with van der Waals surface area (Å²) in [6, 6.07) is 1.77. The Hall–Kier alpha value is -1.67. The van der Waals surface area contributed by atoms with Crippen LogP contribution in [0.2, 0.25) is 0 Å². The van der Waals surface area contributed by atoms with Gasteiger partial charge in [0.2, 0.25) is 5.95 Å². The Morgan fingerprint density at radius 1 is 1.43 bits per heavy atom. The van der Waals surface area contributed by atoms with Gasteiger partial charge >= 0.3 is 5.97 Å². The number of anilines is 1.